The van der Waals surface area contributed by atoms with Gasteiger partial charge in [0.25, 0.3) is 5.56 Å². The number of anilines is 1. The normalized spacial score (nSPS) is 10.9. The van der Waals surface area contributed by atoms with Crippen LogP contribution in [0.15, 0.2) is 53.6 Å². The van der Waals surface area contributed by atoms with E-state index < -0.39 is 5.56 Å². The molecule has 0 saturated carbocycles. The Balaban J connectivity index is 1.58. The van der Waals surface area contributed by atoms with E-state index in [4.69, 9.17) is 4.74 Å². The van der Waals surface area contributed by atoms with E-state index >= 15 is 0 Å². The van der Waals surface area contributed by atoms with Crippen molar-refractivity contribution in [2.24, 2.45) is 0 Å². The van der Waals surface area contributed by atoms with Crippen LogP contribution in [-0.2, 0) is 11.3 Å². The van der Waals surface area contributed by atoms with Gasteiger partial charge in [-0.25, -0.2) is 4.98 Å². The highest BCUT2D eigenvalue weighted by Gasteiger charge is 2.15. The summed E-state index contributed by atoms with van der Waals surface area (Å²) in [6.45, 7) is 3.83. The number of nitrogens with one attached hydrogen (secondary N) is 1. The van der Waals surface area contributed by atoms with Crippen molar-refractivity contribution in [3.05, 3.63) is 70.3 Å². The van der Waals surface area contributed by atoms with Crippen LogP contribution in [0.2, 0.25) is 0 Å². The molecule has 0 aliphatic carbocycles. The number of ether oxygens (including phenoxy) is 1. The van der Waals surface area contributed by atoms with Crippen molar-refractivity contribution in [2.45, 2.75) is 20.4 Å². The fraction of sp³-hybridized carbons (Fsp3) is 0.190. The van der Waals surface area contributed by atoms with E-state index in [-0.39, 0.29) is 18.0 Å². The minimum absolute atomic E-state index is 0.105. The first-order valence-electron chi connectivity index (χ1n) is 9.28. The standard InChI is InChI=1S/C21H20N6O3/c1-13-4-7-16(10-14(13)2)27-20-19(24-25-27)21(29)26(12-22-20)11-18(28)23-15-5-8-17(30-3)9-6-15/h4-10,12H,11H2,1-3H3,(H,23,28). The molecule has 0 atom stereocenters. The molecule has 1 N–H and O–H groups in total. The first-order valence-corrected chi connectivity index (χ1v) is 9.28. The second-order valence-corrected chi connectivity index (χ2v) is 6.90. The summed E-state index contributed by atoms with van der Waals surface area (Å²) in [7, 11) is 1.57. The number of aromatic nitrogens is 5. The fourth-order valence-corrected chi connectivity index (χ4v) is 3.02. The summed E-state index contributed by atoms with van der Waals surface area (Å²) in [5.41, 5.74) is 3.63. The SMILES string of the molecule is COc1ccc(NC(=O)Cn2cnc3c(nnn3-c3ccc(C)c(C)c3)c2=O)cc1. The smallest absolute Gasteiger partial charge is 0.284 e. The van der Waals surface area contributed by atoms with Gasteiger partial charge in [0.15, 0.2) is 11.2 Å². The summed E-state index contributed by atoms with van der Waals surface area (Å²) < 4.78 is 7.82. The lowest BCUT2D eigenvalue weighted by Gasteiger charge is -2.08. The lowest BCUT2D eigenvalue weighted by atomic mass is 10.1. The number of benzene rings is 2. The largest absolute Gasteiger partial charge is 0.497 e. The topological polar surface area (TPSA) is 104 Å². The molecule has 4 aromatic rings. The third kappa shape index (κ3) is 3.64. The van der Waals surface area contributed by atoms with Gasteiger partial charge in [-0.1, -0.05) is 11.3 Å². The summed E-state index contributed by atoms with van der Waals surface area (Å²) in [6, 6.07) is 12.7. The highest BCUT2D eigenvalue weighted by atomic mass is 16.5. The monoisotopic (exact) mass is 404 g/mol. The van der Waals surface area contributed by atoms with Crippen molar-refractivity contribution in [3.8, 4) is 11.4 Å². The van der Waals surface area contributed by atoms with Gasteiger partial charge in [-0.3, -0.25) is 14.2 Å². The van der Waals surface area contributed by atoms with E-state index in [1.54, 1.807) is 31.4 Å². The molecule has 30 heavy (non-hydrogen) atoms. The van der Waals surface area contributed by atoms with Gasteiger partial charge < -0.3 is 10.1 Å². The van der Waals surface area contributed by atoms with Crippen LogP contribution in [0.1, 0.15) is 11.1 Å². The van der Waals surface area contributed by atoms with E-state index in [1.165, 1.54) is 15.6 Å². The molecule has 0 spiro atoms. The number of fused-ring (bicyclic) bond motifs is 1. The van der Waals surface area contributed by atoms with Gasteiger partial charge in [0.2, 0.25) is 5.91 Å². The molecule has 0 fully saturated rings. The third-order valence-electron chi connectivity index (χ3n) is 4.85. The van der Waals surface area contributed by atoms with Crippen LogP contribution in [0.25, 0.3) is 16.9 Å². The Morgan fingerprint density at radius 1 is 1.10 bits per heavy atom. The number of carbonyl (C=O) groups is 1. The van der Waals surface area contributed by atoms with Gasteiger partial charge in [-0.05, 0) is 61.4 Å². The second kappa shape index (κ2) is 7.78. The molecule has 9 heteroatoms. The molecular formula is C21H20N6O3. The van der Waals surface area contributed by atoms with Crippen LogP contribution in [0.5, 0.6) is 5.75 Å². The predicted octanol–water partition coefficient (Wildman–Crippen LogP) is 2.24. The van der Waals surface area contributed by atoms with Crippen molar-refractivity contribution in [3.63, 3.8) is 0 Å². The van der Waals surface area contributed by atoms with E-state index in [9.17, 15) is 9.59 Å². The van der Waals surface area contributed by atoms with E-state index in [2.05, 4.69) is 20.6 Å². The molecule has 2 aromatic heterocycles. The lowest BCUT2D eigenvalue weighted by molar-refractivity contribution is -0.116. The number of rotatable bonds is 5. The van der Waals surface area contributed by atoms with Gasteiger partial charge in [-0.2, -0.15) is 4.68 Å². The molecule has 152 valence electrons. The molecule has 0 aliphatic heterocycles. The molecule has 2 heterocycles. The van der Waals surface area contributed by atoms with Crippen molar-refractivity contribution in [1.29, 1.82) is 0 Å². The maximum absolute atomic E-state index is 12.8. The molecule has 1 amide bonds. The number of aryl methyl sites for hydroxylation is 2. The van der Waals surface area contributed by atoms with Gasteiger partial charge in [0, 0.05) is 5.69 Å². The summed E-state index contributed by atoms with van der Waals surface area (Å²) in [6.07, 6.45) is 1.33. The Bertz CT molecular complexity index is 1290. The number of hydrogen-bond donors (Lipinski definition) is 1. The second-order valence-electron chi connectivity index (χ2n) is 6.90. The number of carbonyl (C=O) groups excluding carboxylic acids is 1. The third-order valence-corrected chi connectivity index (χ3v) is 4.85. The van der Waals surface area contributed by atoms with Crippen LogP contribution in [0.4, 0.5) is 5.69 Å². The van der Waals surface area contributed by atoms with Gasteiger partial charge in [-0.15, -0.1) is 5.10 Å². The summed E-state index contributed by atoms with van der Waals surface area (Å²) in [5, 5.41) is 10.8. The first-order chi connectivity index (χ1) is 14.5. The minimum atomic E-state index is -0.431. The van der Waals surface area contributed by atoms with Crippen LogP contribution in [0.3, 0.4) is 0 Å². The predicted molar refractivity (Wildman–Crippen MR) is 112 cm³/mol. The van der Waals surface area contributed by atoms with Crippen LogP contribution in [-0.4, -0.2) is 37.6 Å². The molecule has 0 unspecified atom stereocenters. The molecular weight excluding hydrogens is 384 g/mol. The number of nitrogens with zero attached hydrogens (tertiary/aromatic N) is 5. The molecule has 0 bridgehead atoms. The highest BCUT2D eigenvalue weighted by Crippen LogP contribution is 2.17. The quantitative estimate of drug-likeness (QED) is 0.547. The van der Waals surface area contributed by atoms with Crippen LogP contribution < -0.4 is 15.6 Å². The zero-order valence-corrected chi connectivity index (χ0v) is 16.8. The molecule has 0 radical (unpaired) electrons. The molecule has 0 saturated heterocycles. The van der Waals surface area contributed by atoms with Crippen molar-refractivity contribution in [2.75, 3.05) is 12.4 Å². The number of amides is 1. The average Bonchev–Trinajstić information content (AvgIpc) is 3.17. The minimum Gasteiger partial charge on any atom is -0.497 e. The van der Waals surface area contributed by atoms with E-state index in [0.717, 1.165) is 16.8 Å². The highest BCUT2D eigenvalue weighted by molar-refractivity contribution is 5.90. The number of hydrogen-bond acceptors (Lipinski definition) is 6. The Labute approximate surface area is 171 Å². The number of methoxy groups -OCH3 is 1. The average molecular weight is 404 g/mol. The first kappa shape index (κ1) is 19.3. The van der Waals surface area contributed by atoms with Gasteiger partial charge in [0.1, 0.15) is 18.6 Å². The van der Waals surface area contributed by atoms with Crippen LogP contribution in [0, 0.1) is 13.8 Å². The van der Waals surface area contributed by atoms with E-state index in [1.807, 2.05) is 32.0 Å². The van der Waals surface area contributed by atoms with E-state index in [0.29, 0.717) is 17.1 Å². The Hall–Kier alpha value is -4.01. The molecule has 9 nitrogen and oxygen atoms in total. The fourth-order valence-electron chi connectivity index (χ4n) is 3.02. The lowest BCUT2D eigenvalue weighted by Crippen LogP contribution is -2.28. The summed E-state index contributed by atoms with van der Waals surface area (Å²) >= 11 is 0. The Morgan fingerprint density at radius 2 is 1.87 bits per heavy atom. The zero-order valence-electron chi connectivity index (χ0n) is 16.8. The molecule has 2 aromatic carbocycles. The molecule has 4 rings (SSSR count). The van der Waals surface area contributed by atoms with Crippen LogP contribution >= 0.6 is 0 Å². The van der Waals surface area contributed by atoms with Crippen molar-refractivity contribution >= 4 is 22.8 Å². The maximum Gasteiger partial charge on any atom is 0.284 e. The van der Waals surface area contributed by atoms with Crippen molar-refractivity contribution < 1.29 is 9.53 Å². The Morgan fingerprint density at radius 3 is 2.57 bits per heavy atom. The maximum atomic E-state index is 12.8. The Kier molecular flexibility index (Phi) is 5.01. The van der Waals surface area contributed by atoms with Gasteiger partial charge in [0.05, 0.1) is 12.8 Å². The zero-order chi connectivity index (χ0) is 21.3. The summed E-state index contributed by atoms with van der Waals surface area (Å²) in [4.78, 5) is 29.4. The molecule has 0 aliphatic rings. The summed E-state index contributed by atoms with van der Waals surface area (Å²) in [5.74, 6) is 0.329. The van der Waals surface area contributed by atoms with Gasteiger partial charge >= 0.3 is 0 Å². The van der Waals surface area contributed by atoms with Crippen molar-refractivity contribution in [1.82, 2.24) is 24.5 Å².